The smallest absolute Gasteiger partial charge is 0.341 e. The van der Waals surface area contributed by atoms with Crippen LogP contribution in [-0.4, -0.2) is 30.7 Å². The second kappa shape index (κ2) is 5.94. The highest BCUT2D eigenvalue weighted by molar-refractivity contribution is 7.86. The Morgan fingerprint density at radius 3 is 2.48 bits per heavy atom. The van der Waals surface area contributed by atoms with Crippen molar-refractivity contribution in [3.05, 3.63) is 48.5 Å². The Balaban J connectivity index is 2.44. The number of aliphatic carboxylic acids is 1. The van der Waals surface area contributed by atoms with Crippen molar-refractivity contribution in [2.24, 2.45) is 0 Å². The number of hydrogen-bond acceptors (Lipinski definition) is 4. The van der Waals surface area contributed by atoms with Gasteiger partial charge in [0, 0.05) is 5.56 Å². The van der Waals surface area contributed by atoms with Crippen molar-refractivity contribution in [1.82, 2.24) is 0 Å². The Hall–Kier alpha value is -2.38. The molecule has 0 aromatic heterocycles. The third kappa shape index (κ3) is 3.80. The number of ether oxygens (including phenoxy) is 1. The molecule has 0 unspecified atom stereocenters. The van der Waals surface area contributed by atoms with E-state index < -0.39 is 22.7 Å². The van der Waals surface area contributed by atoms with E-state index in [0.29, 0.717) is 16.9 Å². The zero-order chi connectivity index (χ0) is 15.5. The Morgan fingerprint density at radius 1 is 1.10 bits per heavy atom. The van der Waals surface area contributed by atoms with Gasteiger partial charge in [-0.1, -0.05) is 30.3 Å². The van der Waals surface area contributed by atoms with Crippen LogP contribution in [0.1, 0.15) is 0 Å². The molecule has 6 nitrogen and oxygen atoms in total. The monoisotopic (exact) mass is 308 g/mol. The van der Waals surface area contributed by atoms with Crippen LogP contribution < -0.4 is 4.74 Å². The van der Waals surface area contributed by atoms with E-state index in [4.69, 9.17) is 9.84 Å². The minimum absolute atomic E-state index is 0.222. The van der Waals surface area contributed by atoms with Gasteiger partial charge in [-0.3, -0.25) is 4.55 Å². The SMILES string of the molecule is O=C(O)COc1cccc(-c2ccccc2S(=O)(=O)O)c1. The summed E-state index contributed by atoms with van der Waals surface area (Å²) in [6.45, 7) is -0.497. The van der Waals surface area contributed by atoms with E-state index in [1.165, 1.54) is 18.2 Å². The second-order valence-corrected chi connectivity index (χ2v) is 5.57. The number of benzene rings is 2. The number of hydrogen-bond donors (Lipinski definition) is 2. The average molecular weight is 308 g/mol. The molecule has 0 aliphatic rings. The molecule has 0 amide bonds. The van der Waals surface area contributed by atoms with Crippen molar-refractivity contribution in [1.29, 1.82) is 0 Å². The van der Waals surface area contributed by atoms with Gasteiger partial charge in [0.05, 0.1) is 0 Å². The summed E-state index contributed by atoms with van der Waals surface area (Å²) in [4.78, 5) is 10.3. The summed E-state index contributed by atoms with van der Waals surface area (Å²) in [7, 11) is -4.36. The van der Waals surface area contributed by atoms with Crippen LogP contribution in [0.15, 0.2) is 53.4 Å². The third-order valence-corrected chi connectivity index (χ3v) is 3.58. The van der Waals surface area contributed by atoms with Gasteiger partial charge < -0.3 is 9.84 Å². The summed E-state index contributed by atoms with van der Waals surface area (Å²) in [6.07, 6.45) is 0. The van der Waals surface area contributed by atoms with E-state index >= 15 is 0 Å². The summed E-state index contributed by atoms with van der Waals surface area (Å²) < 4.78 is 37.0. The van der Waals surface area contributed by atoms with Crippen molar-refractivity contribution in [2.45, 2.75) is 4.90 Å². The molecule has 0 bridgehead atoms. The summed E-state index contributed by atoms with van der Waals surface area (Å²) in [6, 6.07) is 12.3. The normalized spacial score (nSPS) is 11.1. The van der Waals surface area contributed by atoms with Crippen molar-refractivity contribution in [3.8, 4) is 16.9 Å². The summed E-state index contributed by atoms with van der Waals surface area (Å²) >= 11 is 0. The van der Waals surface area contributed by atoms with E-state index in [2.05, 4.69) is 0 Å². The van der Waals surface area contributed by atoms with Gasteiger partial charge in [0.25, 0.3) is 10.1 Å². The number of rotatable bonds is 5. The van der Waals surface area contributed by atoms with Gasteiger partial charge in [-0.15, -0.1) is 0 Å². The Bertz CT molecular complexity index is 767. The fourth-order valence-electron chi connectivity index (χ4n) is 1.83. The molecule has 2 aromatic carbocycles. The first-order valence-corrected chi connectivity index (χ1v) is 7.33. The van der Waals surface area contributed by atoms with Crippen LogP contribution in [0.5, 0.6) is 5.75 Å². The molecule has 110 valence electrons. The van der Waals surface area contributed by atoms with Gasteiger partial charge in [-0.05, 0) is 23.8 Å². The maximum atomic E-state index is 11.4. The van der Waals surface area contributed by atoms with E-state index in [0.717, 1.165) is 0 Å². The van der Waals surface area contributed by atoms with Crippen LogP contribution in [0.4, 0.5) is 0 Å². The molecule has 2 aromatic rings. The second-order valence-electron chi connectivity index (χ2n) is 4.18. The Labute approximate surface area is 121 Å². The molecule has 0 radical (unpaired) electrons. The molecule has 0 spiro atoms. The lowest BCUT2D eigenvalue weighted by molar-refractivity contribution is -0.139. The average Bonchev–Trinajstić information content (AvgIpc) is 2.44. The van der Waals surface area contributed by atoms with Gasteiger partial charge >= 0.3 is 5.97 Å². The zero-order valence-electron chi connectivity index (χ0n) is 10.8. The van der Waals surface area contributed by atoms with Crippen LogP contribution in [0, 0.1) is 0 Å². The largest absolute Gasteiger partial charge is 0.482 e. The fraction of sp³-hybridized carbons (Fsp3) is 0.0714. The van der Waals surface area contributed by atoms with Crippen LogP contribution in [0.25, 0.3) is 11.1 Å². The summed E-state index contributed by atoms with van der Waals surface area (Å²) in [5.74, 6) is -0.821. The highest BCUT2D eigenvalue weighted by Crippen LogP contribution is 2.29. The quantitative estimate of drug-likeness (QED) is 0.820. The van der Waals surface area contributed by atoms with Gasteiger partial charge in [0.15, 0.2) is 6.61 Å². The minimum Gasteiger partial charge on any atom is -0.482 e. The molecule has 2 N–H and O–H groups in total. The lowest BCUT2D eigenvalue weighted by Gasteiger charge is -2.09. The van der Waals surface area contributed by atoms with Crippen molar-refractivity contribution in [3.63, 3.8) is 0 Å². The van der Waals surface area contributed by atoms with Gasteiger partial charge in [0.2, 0.25) is 0 Å². The number of carboxylic acids is 1. The van der Waals surface area contributed by atoms with E-state index in [1.54, 1.807) is 30.3 Å². The molecule has 21 heavy (non-hydrogen) atoms. The Morgan fingerprint density at radius 2 is 1.81 bits per heavy atom. The standard InChI is InChI=1S/C14H12O6S/c15-14(16)9-20-11-5-3-4-10(8-11)12-6-1-2-7-13(12)21(17,18)19/h1-8H,9H2,(H,15,16)(H,17,18,19). The van der Waals surface area contributed by atoms with Crippen molar-refractivity contribution < 1.29 is 27.6 Å². The molecule has 0 heterocycles. The molecule has 7 heteroatoms. The van der Waals surface area contributed by atoms with E-state index in [9.17, 15) is 17.8 Å². The minimum atomic E-state index is -4.36. The van der Waals surface area contributed by atoms with Crippen LogP contribution in [0.2, 0.25) is 0 Å². The summed E-state index contributed by atoms with van der Waals surface area (Å²) in [5.41, 5.74) is 0.798. The van der Waals surface area contributed by atoms with Gasteiger partial charge in [-0.25, -0.2) is 4.79 Å². The molecule has 0 saturated heterocycles. The predicted octanol–water partition coefficient (Wildman–Crippen LogP) is 2.06. The first-order chi connectivity index (χ1) is 9.88. The molecule has 0 fully saturated rings. The highest BCUT2D eigenvalue weighted by atomic mass is 32.2. The molecule has 2 rings (SSSR count). The third-order valence-electron chi connectivity index (χ3n) is 2.67. The van der Waals surface area contributed by atoms with Crippen molar-refractivity contribution >= 4 is 16.1 Å². The van der Waals surface area contributed by atoms with Crippen LogP contribution >= 0.6 is 0 Å². The van der Waals surface area contributed by atoms with Crippen LogP contribution in [0.3, 0.4) is 0 Å². The first-order valence-electron chi connectivity index (χ1n) is 5.89. The maximum absolute atomic E-state index is 11.4. The Kier molecular flexibility index (Phi) is 4.25. The summed E-state index contributed by atoms with van der Waals surface area (Å²) in [5, 5.41) is 8.57. The molecule has 0 aliphatic heterocycles. The number of carbonyl (C=O) groups is 1. The maximum Gasteiger partial charge on any atom is 0.341 e. The number of carboxylic acid groups (broad SMARTS) is 1. The molecule has 0 atom stereocenters. The zero-order valence-corrected chi connectivity index (χ0v) is 11.6. The fourth-order valence-corrected chi connectivity index (χ4v) is 2.54. The molecule has 0 aliphatic carbocycles. The van der Waals surface area contributed by atoms with E-state index in [-0.39, 0.29) is 4.90 Å². The lowest BCUT2D eigenvalue weighted by Crippen LogP contribution is -2.09. The molecular formula is C14H12O6S. The first kappa shape index (κ1) is 15.0. The topological polar surface area (TPSA) is 101 Å². The lowest BCUT2D eigenvalue weighted by atomic mass is 10.1. The molecular weight excluding hydrogens is 296 g/mol. The predicted molar refractivity (Wildman–Crippen MR) is 74.8 cm³/mol. The highest BCUT2D eigenvalue weighted by Gasteiger charge is 2.16. The van der Waals surface area contributed by atoms with Gasteiger partial charge in [-0.2, -0.15) is 8.42 Å². The van der Waals surface area contributed by atoms with Crippen LogP contribution in [-0.2, 0) is 14.9 Å². The van der Waals surface area contributed by atoms with Crippen molar-refractivity contribution in [2.75, 3.05) is 6.61 Å². The van der Waals surface area contributed by atoms with E-state index in [1.807, 2.05) is 0 Å². The molecule has 0 saturated carbocycles. The van der Waals surface area contributed by atoms with Gasteiger partial charge in [0.1, 0.15) is 10.6 Å².